The average Bonchev–Trinajstić information content (AvgIpc) is 2.33. The van der Waals surface area contributed by atoms with E-state index < -0.39 is 23.1 Å². The van der Waals surface area contributed by atoms with Crippen LogP contribution in [0, 0.1) is 17.6 Å². The molecule has 0 heterocycles. The summed E-state index contributed by atoms with van der Waals surface area (Å²) in [5.41, 5.74) is -0.552. The number of amides is 1. The highest BCUT2D eigenvalue weighted by molar-refractivity contribution is 9.10. The first-order chi connectivity index (χ1) is 8.99. The van der Waals surface area contributed by atoms with E-state index in [-0.39, 0.29) is 10.4 Å². The van der Waals surface area contributed by atoms with E-state index in [4.69, 9.17) is 11.6 Å². The van der Waals surface area contributed by atoms with Crippen molar-refractivity contribution in [1.82, 2.24) is 5.32 Å². The molecule has 1 unspecified atom stereocenters. The molecule has 0 bridgehead atoms. The fraction of sp³-hybridized carbons (Fsp3) is 0.462. The molecule has 0 saturated carbocycles. The lowest BCUT2D eigenvalue weighted by atomic mass is 10.0. The summed E-state index contributed by atoms with van der Waals surface area (Å²) in [7, 11) is 0. The molecule has 0 aromatic heterocycles. The van der Waals surface area contributed by atoms with Gasteiger partial charge in [0.1, 0.15) is 17.2 Å². The van der Waals surface area contributed by atoms with Gasteiger partial charge in [0.15, 0.2) is 0 Å². The molecular formula is C13H15BrClF2NO. The zero-order valence-corrected chi connectivity index (χ0v) is 12.8. The third-order valence-corrected chi connectivity index (χ3v) is 3.56. The quantitative estimate of drug-likeness (QED) is 0.765. The Morgan fingerprint density at radius 3 is 2.47 bits per heavy atom. The molecule has 0 spiro atoms. The number of benzene rings is 1. The van der Waals surface area contributed by atoms with Gasteiger partial charge in [-0.1, -0.05) is 29.3 Å². The summed E-state index contributed by atoms with van der Waals surface area (Å²) in [6.45, 7) is 2.33. The van der Waals surface area contributed by atoms with E-state index in [1.54, 1.807) is 0 Å². The van der Waals surface area contributed by atoms with E-state index in [9.17, 15) is 13.6 Å². The molecule has 0 aliphatic heterocycles. The molecule has 1 aromatic rings. The number of halogens is 4. The number of hydrogen-bond acceptors (Lipinski definition) is 1. The topological polar surface area (TPSA) is 29.1 Å². The molecule has 1 rings (SSSR count). The minimum atomic E-state index is -0.880. The van der Waals surface area contributed by atoms with E-state index in [0.29, 0.717) is 12.4 Å². The lowest BCUT2D eigenvalue weighted by molar-refractivity contribution is 0.0938. The highest BCUT2D eigenvalue weighted by Crippen LogP contribution is 2.19. The molecule has 1 amide bonds. The van der Waals surface area contributed by atoms with Crippen molar-refractivity contribution in [3.8, 4) is 0 Å². The Kier molecular flexibility index (Phi) is 6.72. The monoisotopic (exact) mass is 353 g/mol. The van der Waals surface area contributed by atoms with E-state index in [2.05, 4.69) is 21.2 Å². The Hall–Kier alpha value is -0.680. The van der Waals surface area contributed by atoms with Crippen LogP contribution >= 0.6 is 27.5 Å². The summed E-state index contributed by atoms with van der Waals surface area (Å²) >= 11 is 8.60. The third kappa shape index (κ3) is 4.73. The van der Waals surface area contributed by atoms with Crippen LogP contribution in [-0.2, 0) is 0 Å². The van der Waals surface area contributed by atoms with E-state index >= 15 is 0 Å². The second kappa shape index (κ2) is 7.80. The highest BCUT2D eigenvalue weighted by atomic mass is 79.9. The van der Waals surface area contributed by atoms with Gasteiger partial charge in [-0.3, -0.25) is 4.79 Å². The number of hydrogen-bond donors (Lipinski definition) is 1. The van der Waals surface area contributed by atoms with Crippen LogP contribution in [0.4, 0.5) is 8.78 Å². The van der Waals surface area contributed by atoms with Crippen molar-refractivity contribution in [2.75, 3.05) is 12.4 Å². The smallest absolute Gasteiger partial charge is 0.257 e. The molecule has 0 aliphatic rings. The predicted molar refractivity (Wildman–Crippen MR) is 75.5 cm³/mol. The van der Waals surface area contributed by atoms with Gasteiger partial charge in [0.25, 0.3) is 5.91 Å². The molecule has 0 saturated heterocycles. The summed E-state index contributed by atoms with van der Waals surface area (Å²) in [6.07, 6.45) is 1.60. The van der Waals surface area contributed by atoms with Crippen LogP contribution in [0.1, 0.15) is 30.1 Å². The van der Waals surface area contributed by atoms with Crippen molar-refractivity contribution in [3.63, 3.8) is 0 Å². The molecule has 1 N–H and O–H groups in total. The zero-order valence-electron chi connectivity index (χ0n) is 10.5. The molecule has 106 valence electrons. The lowest BCUT2D eigenvalue weighted by Crippen LogP contribution is -2.30. The van der Waals surface area contributed by atoms with Gasteiger partial charge in [0.05, 0.1) is 0 Å². The second-order valence-corrected chi connectivity index (χ2v) is 5.50. The molecule has 6 heteroatoms. The van der Waals surface area contributed by atoms with Crippen molar-refractivity contribution in [3.05, 3.63) is 33.8 Å². The third-order valence-electron chi connectivity index (χ3n) is 2.88. The van der Waals surface area contributed by atoms with E-state index in [1.807, 2.05) is 6.92 Å². The summed E-state index contributed by atoms with van der Waals surface area (Å²) in [5.74, 6) is -1.79. The number of alkyl halides is 1. The zero-order chi connectivity index (χ0) is 14.4. The lowest BCUT2D eigenvalue weighted by Gasteiger charge is -2.14. The van der Waals surface area contributed by atoms with E-state index in [0.717, 1.165) is 25.0 Å². The van der Waals surface area contributed by atoms with Gasteiger partial charge >= 0.3 is 0 Å². The number of rotatable bonds is 6. The minimum absolute atomic E-state index is 0.211. The molecule has 1 atom stereocenters. The summed E-state index contributed by atoms with van der Waals surface area (Å²) in [4.78, 5) is 11.8. The van der Waals surface area contributed by atoms with Crippen molar-refractivity contribution in [1.29, 1.82) is 0 Å². The molecular weight excluding hydrogens is 340 g/mol. The van der Waals surface area contributed by atoms with Crippen molar-refractivity contribution in [2.24, 2.45) is 5.92 Å². The van der Waals surface area contributed by atoms with Crippen LogP contribution in [0.15, 0.2) is 16.6 Å². The maximum atomic E-state index is 13.6. The van der Waals surface area contributed by atoms with Crippen LogP contribution in [0.25, 0.3) is 0 Å². The standard InChI is InChI=1S/C13H15BrClF2NO/c1-2-8(3-4-15)7-18-13(19)12-10(16)5-9(14)6-11(12)17/h5-6,8H,2-4,7H2,1H3,(H,18,19). The normalized spacial score (nSPS) is 12.3. The maximum Gasteiger partial charge on any atom is 0.257 e. The summed E-state index contributed by atoms with van der Waals surface area (Å²) in [5, 5.41) is 2.54. The van der Waals surface area contributed by atoms with Crippen molar-refractivity contribution < 1.29 is 13.6 Å². The van der Waals surface area contributed by atoms with E-state index in [1.165, 1.54) is 0 Å². The molecule has 0 aliphatic carbocycles. The Bertz CT molecular complexity index is 433. The largest absolute Gasteiger partial charge is 0.352 e. The predicted octanol–water partition coefficient (Wildman–Crippen LogP) is 4.11. The number of carbonyl (C=O) groups excluding carboxylic acids is 1. The van der Waals surface area contributed by atoms with Gasteiger partial charge in [0.2, 0.25) is 0 Å². The second-order valence-electron chi connectivity index (χ2n) is 4.21. The first-order valence-corrected chi connectivity index (χ1v) is 7.31. The Labute approximate surface area is 124 Å². The fourth-order valence-corrected chi connectivity index (χ4v) is 2.40. The van der Waals surface area contributed by atoms with Gasteiger partial charge in [-0.25, -0.2) is 8.78 Å². The van der Waals surface area contributed by atoms with Crippen molar-refractivity contribution in [2.45, 2.75) is 19.8 Å². The van der Waals surface area contributed by atoms with Crippen LogP contribution in [-0.4, -0.2) is 18.3 Å². The van der Waals surface area contributed by atoms with Gasteiger partial charge in [-0.15, -0.1) is 11.6 Å². The van der Waals surface area contributed by atoms with Gasteiger partial charge < -0.3 is 5.32 Å². The molecule has 1 aromatic carbocycles. The average molecular weight is 355 g/mol. The molecule has 2 nitrogen and oxygen atoms in total. The first-order valence-electron chi connectivity index (χ1n) is 5.98. The fourth-order valence-electron chi connectivity index (χ4n) is 1.69. The van der Waals surface area contributed by atoms with Crippen LogP contribution in [0.2, 0.25) is 0 Å². The molecule has 0 radical (unpaired) electrons. The van der Waals surface area contributed by atoms with Crippen molar-refractivity contribution >= 4 is 33.4 Å². The van der Waals surface area contributed by atoms with Crippen LogP contribution in [0.5, 0.6) is 0 Å². The van der Waals surface area contributed by atoms with Gasteiger partial charge in [0, 0.05) is 16.9 Å². The Morgan fingerprint density at radius 2 is 2.00 bits per heavy atom. The highest BCUT2D eigenvalue weighted by Gasteiger charge is 2.19. The Balaban J connectivity index is 2.73. The van der Waals surface area contributed by atoms with Crippen LogP contribution < -0.4 is 5.32 Å². The SMILES string of the molecule is CCC(CCCl)CNC(=O)c1c(F)cc(Br)cc1F. The first kappa shape index (κ1) is 16.4. The molecule has 0 fully saturated rings. The summed E-state index contributed by atoms with van der Waals surface area (Å²) in [6, 6.07) is 2.13. The summed E-state index contributed by atoms with van der Waals surface area (Å²) < 4.78 is 27.4. The minimum Gasteiger partial charge on any atom is -0.352 e. The number of carbonyl (C=O) groups is 1. The number of nitrogens with one attached hydrogen (secondary N) is 1. The van der Waals surface area contributed by atoms with Gasteiger partial charge in [-0.2, -0.15) is 0 Å². The van der Waals surface area contributed by atoms with Crippen LogP contribution in [0.3, 0.4) is 0 Å². The molecule has 19 heavy (non-hydrogen) atoms. The van der Waals surface area contributed by atoms with Gasteiger partial charge in [-0.05, 0) is 24.5 Å². The maximum absolute atomic E-state index is 13.6. The Morgan fingerprint density at radius 1 is 1.42 bits per heavy atom.